The van der Waals surface area contributed by atoms with Crippen molar-refractivity contribution in [1.29, 1.82) is 0 Å². The van der Waals surface area contributed by atoms with Crippen molar-refractivity contribution in [3.05, 3.63) is 35.6 Å². The summed E-state index contributed by atoms with van der Waals surface area (Å²) in [6, 6.07) is 6.10. The number of carbonyl (C=O) groups is 1. The van der Waals surface area contributed by atoms with E-state index in [1.807, 2.05) is 19.1 Å². The minimum absolute atomic E-state index is 0.0810. The zero-order valence-electron chi connectivity index (χ0n) is 14.1. The highest BCUT2D eigenvalue weighted by Crippen LogP contribution is 2.22. The first-order valence-corrected chi connectivity index (χ1v) is 8.54. The maximum absolute atomic E-state index is 12.2. The number of hydrogen-bond acceptors (Lipinski definition) is 3. The van der Waals surface area contributed by atoms with Crippen LogP contribution >= 0.6 is 0 Å². The third-order valence-electron chi connectivity index (χ3n) is 4.76. The number of nitrogens with zero attached hydrogens (tertiary/aromatic N) is 1. The van der Waals surface area contributed by atoms with Crippen LogP contribution < -0.4 is 5.32 Å². The predicted molar refractivity (Wildman–Crippen MR) is 92.5 cm³/mol. The number of furan rings is 1. The first-order chi connectivity index (χ1) is 11.1. The van der Waals surface area contributed by atoms with Crippen LogP contribution in [-0.4, -0.2) is 37.5 Å². The number of likely N-dealkylation sites (tertiary alicyclic amines) is 1. The van der Waals surface area contributed by atoms with E-state index < -0.39 is 0 Å². The van der Waals surface area contributed by atoms with Crippen molar-refractivity contribution in [2.24, 2.45) is 5.92 Å². The van der Waals surface area contributed by atoms with Crippen LogP contribution in [0.25, 0.3) is 11.0 Å². The molecule has 0 unspecified atom stereocenters. The number of nitrogens with one attached hydrogen (secondary N) is 1. The second-order valence-corrected chi connectivity index (χ2v) is 6.85. The third-order valence-corrected chi connectivity index (χ3v) is 4.76. The quantitative estimate of drug-likeness (QED) is 0.922. The van der Waals surface area contributed by atoms with Crippen molar-refractivity contribution in [3.63, 3.8) is 0 Å². The van der Waals surface area contributed by atoms with Crippen LogP contribution in [0.15, 0.2) is 28.9 Å². The van der Waals surface area contributed by atoms with Crippen molar-refractivity contribution < 1.29 is 9.21 Å². The van der Waals surface area contributed by atoms with Crippen LogP contribution in [0, 0.1) is 12.8 Å². The van der Waals surface area contributed by atoms with Gasteiger partial charge in [-0.3, -0.25) is 4.79 Å². The van der Waals surface area contributed by atoms with Crippen molar-refractivity contribution in [2.45, 2.75) is 32.6 Å². The van der Waals surface area contributed by atoms with Crippen molar-refractivity contribution in [3.8, 4) is 0 Å². The van der Waals surface area contributed by atoms with Crippen LogP contribution in [0.2, 0.25) is 0 Å². The molecule has 1 atom stereocenters. The Labute approximate surface area is 137 Å². The van der Waals surface area contributed by atoms with E-state index in [0.717, 1.165) is 36.0 Å². The van der Waals surface area contributed by atoms with Crippen LogP contribution in [0.5, 0.6) is 0 Å². The molecule has 124 valence electrons. The van der Waals surface area contributed by atoms with E-state index >= 15 is 0 Å². The van der Waals surface area contributed by atoms with Gasteiger partial charge in [-0.15, -0.1) is 0 Å². The van der Waals surface area contributed by atoms with Gasteiger partial charge in [0.2, 0.25) is 5.91 Å². The lowest BCUT2D eigenvalue weighted by Crippen LogP contribution is -2.34. The zero-order chi connectivity index (χ0) is 16.2. The first kappa shape index (κ1) is 16.1. The van der Waals surface area contributed by atoms with Gasteiger partial charge in [0, 0.05) is 24.0 Å². The summed E-state index contributed by atoms with van der Waals surface area (Å²) in [5.74, 6) is 0.796. The van der Waals surface area contributed by atoms with Gasteiger partial charge in [-0.25, -0.2) is 0 Å². The normalized spacial score (nSPS) is 19.1. The van der Waals surface area contributed by atoms with Crippen LogP contribution in [0.4, 0.5) is 0 Å². The zero-order valence-corrected chi connectivity index (χ0v) is 14.1. The monoisotopic (exact) mass is 314 g/mol. The van der Waals surface area contributed by atoms with E-state index in [2.05, 4.69) is 23.3 Å². The Morgan fingerprint density at radius 3 is 3.13 bits per heavy atom. The van der Waals surface area contributed by atoms with E-state index in [1.54, 1.807) is 6.26 Å². The third kappa shape index (κ3) is 4.14. The Morgan fingerprint density at radius 1 is 1.43 bits per heavy atom. The second kappa shape index (κ2) is 7.18. The lowest BCUT2D eigenvalue weighted by molar-refractivity contribution is -0.120. The SMILES string of the molecule is Cc1ccc2c(CC(=O)NCC[C@H]3CCCN(C)C3)coc2c1. The molecule has 1 aliphatic heterocycles. The smallest absolute Gasteiger partial charge is 0.224 e. The molecule has 0 aliphatic carbocycles. The molecule has 0 spiro atoms. The van der Waals surface area contributed by atoms with Gasteiger partial charge in [0.25, 0.3) is 0 Å². The largest absolute Gasteiger partial charge is 0.464 e. The molecule has 0 radical (unpaired) electrons. The predicted octanol–water partition coefficient (Wildman–Crippen LogP) is 3.13. The summed E-state index contributed by atoms with van der Waals surface area (Å²) >= 11 is 0. The van der Waals surface area contributed by atoms with Gasteiger partial charge >= 0.3 is 0 Å². The molecule has 1 saturated heterocycles. The summed E-state index contributed by atoms with van der Waals surface area (Å²) in [4.78, 5) is 14.5. The van der Waals surface area contributed by atoms with Crippen molar-refractivity contribution in [2.75, 3.05) is 26.7 Å². The molecule has 3 rings (SSSR count). The highest BCUT2D eigenvalue weighted by Gasteiger charge is 2.17. The molecule has 2 aromatic rings. The summed E-state index contributed by atoms with van der Waals surface area (Å²) in [5, 5.41) is 4.10. The molecule has 4 nitrogen and oxygen atoms in total. The molecule has 1 aromatic heterocycles. The van der Waals surface area contributed by atoms with Gasteiger partial charge in [0.1, 0.15) is 5.58 Å². The number of carbonyl (C=O) groups excluding carboxylic acids is 1. The summed E-state index contributed by atoms with van der Waals surface area (Å²) in [6.45, 7) is 5.17. The second-order valence-electron chi connectivity index (χ2n) is 6.85. The van der Waals surface area contributed by atoms with Gasteiger partial charge in [-0.05, 0) is 57.3 Å². The average molecular weight is 314 g/mol. The Kier molecular flexibility index (Phi) is 5.01. The molecular weight excluding hydrogens is 288 g/mol. The molecule has 23 heavy (non-hydrogen) atoms. The maximum atomic E-state index is 12.2. The topological polar surface area (TPSA) is 45.5 Å². The lowest BCUT2D eigenvalue weighted by atomic mass is 9.95. The molecule has 1 N–H and O–H groups in total. The number of hydrogen-bond donors (Lipinski definition) is 1. The fraction of sp³-hybridized carbons (Fsp3) is 0.526. The van der Waals surface area contributed by atoms with Gasteiger partial charge < -0.3 is 14.6 Å². The molecule has 1 aromatic carbocycles. The maximum Gasteiger partial charge on any atom is 0.224 e. The Morgan fingerprint density at radius 2 is 2.30 bits per heavy atom. The van der Waals surface area contributed by atoms with Crippen LogP contribution in [-0.2, 0) is 11.2 Å². The number of amides is 1. The van der Waals surface area contributed by atoms with Gasteiger partial charge in [0.05, 0.1) is 12.7 Å². The molecule has 1 amide bonds. The number of piperidine rings is 1. The number of rotatable bonds is 5. The summed E-state index contributed by atoms with van der Waals surface area (Å²) in [6.07, 6.45) is 5.73. The van der Waals surface area contributed by atoms with E-state index in [4.69, 9.17) is 4.42 Å². The van der Waals surface area contributed by atoms with Crippen LogP contribution in [0.1, 0.15) is 30.4 Å². The lowest BCUT2D eigenvalue weighted by Gasteiger charge is -2.29. The van der Waals surface area contributed by atoms with E-state index in [9.17, 15) is 4.79 Å². The van der Waals surface area contributed by atoms with E-state index in [-0.39, 0.29) is 5.91 Å². The van der Waals surface area contributed by atoms with Crippen LogP contribution in [0.3, 0.4) is 0 Å². The highest BCUT2D eigenvalue weighted by atomic mass is 16.3. The number of benzene rings is 1. The molecule has 1 fully saturated rings. The Hall–Kier alpha value is -1.81. The van der Waals surface area contributed by atoms with Gasteiger partial charge in [-0.1, -0.05) is 12.1 Å². The molecule has 0 bridgehead atoms. The molecule has 0 saturated carbocycles. The summed E-state index contributed by atoms with van der Waals surface area (Å²) in [5.41, 5.74) is 2.99. The Bertz CT molecular complexity index is 677. The molecule has 2 heterocycles. The molecule has 4 heteroatoms. The summed E-state index contributed by atoms with van der Waals surface area (Å²) in [7, 11) is 2.18. The average Bonchev–Trinajstić information content (AvgIpc) is 2.89. The fourth-order valence-corrected chi connectivity index (χ4v) is 3.49. The molecule has 1 aliphatic rings. The highest BCUT2D eigenvalue weighted by molar-refractivity contribution is 5.87. The van der Waals surface area contributed by atoms with E-state index in [0.29, 0.717) is 12.3 Å². The number of fused-ring (bicyclic) bond motifs is 1. The van der Waals surface area contributed by atoms with Gasteiger partial charge in [-0.2, -0.15) is 0 Å². The molecular formula is C19H26N2O2. The Balaban J connectivity index is 1.49. The first-order valence-electron chi connectivity index (χ1n) is 8.54. The van der Waals surface area contributed by atoms with Crippen molar-refractivity contribution in [1.82, 2.24) is 10.2 Å². The minimum Gasteiger partial charge on any atom is -0.464 e. The minimum atomic E-state index is 0.0810. The number of aryl methyl sites for hydroxylation is 1. The van der Waals surface area contributed by atoms with E-state index in [1.165, 1.54) is 24.9 Å². The summed E-state index contributed by atoms with van der Waals surface area (Å²) < 4.78 is 5.56. The van der Waals surface area contributed by atoms with Gasteiger partial charge in [0.15, 0.2) is 0 Å². The fourth-order valence-electron chi connectivity index (χ4n) is 3.49. The standard InChI is InChI=1S/C19H26N2O2/c1-14-5-6-17-16(13-23-18(17)10-14)11-19(22)20-8-7-15-4-3-9-21(2)12-15/h5-6,10,13,15H,3-4,7-9,11-12H2,1-2H3,(H,20,22)/t15-/m1/s1. The van der Waals surface area contributed by atoms with Crippen molar-refractivity contribution >= 4 is 16.9 Å².